The van der Waals surface area contributed by atoms with E-state index >= 15 is 0 Å². The van der Waals surface area contributed by atoms with Crippen LogP contribution in [-0.2, 0) is 9.59 Å². The Morgan fingerprint density at radius 2 is 2.13 bits per heavy atom. The summed E-state index contributed by atoms with van der Waals surface area (Å²) in [5.41, 5.74) is 0.692. The summed E-state index contributed by atoms with van der Waals surface area (Å²) in [5, 5.41) is 21.8. The lowest BCUT2D eigenvalue weighted by Crippen LogP contribution is -2.48. The van der Waals surface area contributed by atoms with E-state index in [-0.39, 0.29) is 36.6 Å². The molecule has 7 heteroatoms. The molecule has 0 aliphatic carbocycles. The third kappa shape index (κ3) is 4.95. The zero-order valence-electron chi connectivity index (χ0n) is 13.1. The Labute approximate surface area is 139 Å². The Morgan fingerprint density at radius 3 is 2.78 bits per heavy atom. The number of rotatable bonds is 5. The Kier molecular flexibility index (Phi) is 6.44. The number of nitrogens with zero attached hydrogens (tertiary/aromatic N) is 1. The lowest BCUT2D eigenvalue weighted by Gasteiger charge is -2.35. The van der Waals surface area contributed by atoms with Gasteiger partial charge in [0.15, 0.2) is 0 Å². The van der Waals surface area contributed by atoms with Gasteiger partial charge in [0.05, 0.1) is 17.5 Å². The third-order valence-corrected chi connectivity index (χ3v) is 4.92. The van der Waals surface area contributed by atoms with E-state index in [1.54, 1.807) is 11.0 Å². The van der Waals surface area contributed by atoms with Crippen molar-refractivity contribution in [3.05, 3.63) is 24.3 Å². The van der Waals surface area contributed by atoms with Crippen molar-refractivity contribution in [1.82, 2.24) is 4.90 Å². The first-order chi connectivity index (χ1) is 11.0. The molecule has 126 valence electrons. The van der Waals surface area contributed by atoms with Crippen molar-refractivity contribution in [2.45, 2.75) is 24.3 Å². The predicted octanol–water partition coefficient (Wildman–Crippen LogP) is 0.939. The summed E-state index contributed by atoms with van der Waals surface area (Å²) in [7, 11) is 0. The van der Waals surface area contributed by atoms with Crippen molar-refractivity contribution in [1.29, 1.82) is 0 Å². The Hall–Kier alpha value is -1.57. The van der Waals surface area contributed by atoms with Crippen molar-refractivity contribution < 1.29 is 19.8 Å². The van der Waals surface area contributed by atoms with Gasteiger partial charge >= 0.3 is 0 Å². The molecule has 1 aromatic rings. The predicted molar refractivity (Wildman–Crippen MR) is 89.2 cm³/mol. The second kappa shape index (κ2) is 8.33. The van der Waals surface area contributed by atoms with Crippen LogP contribution in [0.4, 0.5) is 5.69 Å². The normalized spacial score (nSPS) is 21.1. The number of amides is 2. The molecule has 0 unspecified atom stereocenters. The molecule has 6 nitrogen and oxygen atoms in total. The van der Waals surface area contributed by atoms with Crippen molar-refractivity contribution >= 4 is 29.3 Å². The van der Waals surface area contributed by atoms with Crippen LogP contribution < -0.4 is 5.32 Å². The van der Waals surface area contributed by atoms with Crippen LogP contribution in [-0.4, -0.2) is 58.5 Å². The fourth-order valence-electron chi connectivity index (χ4n) is 2.54. The van der Waals surface area contributed by atoms with Crippen LogP contribution in [0.2, 0.25) is 0 Å². The van der Waals surface area contributed by atoms with Gasteiger partial charge in [-0.15, -0.1) is 11.8 Å². The fraction of sp³-hybridized carbons (Fsp3) is 0.500. The number of anilines is 1. The highest BCUT2D eigenvalue weighted by atomic mass is 32.2. The number of carbonyl (C=O) groups excluding carboxylic acids is 2. The number of hydrogen-bond acceptors (Lipinski definition) is 5. The van der Waals surface area contributed by atoms with E-state index in [2.05, 4.69) is 5.32 Å². The Balaban J connectivity index is 1.91. The van der Waals surface area contributed by atoms with Gasteiger partial charge in [0.25, 0.3) is 0 Å². The van der Waals surface area contributed by atoms with Gasteiger partial charge in [0, 0.05) is 37.4 Å². The number of carbonyl (C=O) groups is 2. The maximum absolute atomic E-state index is 12.3. The average Bonchev–Trinajstić information content (AvgIpc) is 2.53. The number of nitrogens with one attached hydrogen (secondary N) is 1. The van der Waals surface area contributed by atoms with Crippen molar-refractivity contribution in [2.75, 3.05) is 30.8 Å². The molecule has 0 aromatic heterocycles. The van der Waals surface area contributed by atoms with E-state index in [1.807, 2.05) is 18.2 Å². The number of para-hydroxylation sites is 1. The summed E-state index contributed by atoms with van der Waals surface area (Å²) in [4.78, 5) is 26.0. The molecule has 1 aromatic carbocycles. The fourth-order valence-corrected chi connectivity index (χ4v) is 3.45. The minimum atomic E-state index is -0.672. The molecule has 2 amide bonds. The van der Waals surface area contributed by atoms with Crippen molar-refractivity contribution in [2.24, 2.45) is 5.92 Å². The van der Waals surface area contributed by atoms with E-state index in [4.69, 9.17) is 5.11 Å². The largest absolute Gasteiger partial charge is 0.396 e. The minimum absolute atomic E-state index is 0.0527. The second-order valence-electron chi connectivity index (χ2n) is 5.60. The van der Waals surface area contributed by atoms with Crippen LogP contribution in [0.5, 0.6) is 0 Å². The summed E-state index contributed by atoms with van der Waals surface area (Å²) < 4.78 is 0. The van der Waals surface area contributed by atoms with Crippen molar-refractivity contribution in [3.63, 3.8) is 0 Å². The molecule has 23 heavy (non-hydrogen) atoms. The first-order valence-electron chi connectivity index (χ1n) is 7.57. The smallest absolute Gasteiger partial charge is 0.233 e. The molecule has 1 heterocycles. The number of benzene rings is 1. The van der Waals surface area contributed by atoms with Gasteiger partial charge in [-0.2, -0.15) is 0 Å². The van der Waals surface area contributed by atoms with Crippen LogP contribution >= 0.6 is 11.8 Å². The van der Waals surface area contributed by atoms with Crippen molar-refractivity contribution in [3.8, 4) is 0 Å². The second-order valence-corrected chi connectivity index (χ2v) is 6.62. The molecule has 3 N–H and O–H groups in total. The van der Waals surface area contributed by atoms with Crippen LogP contribution in [0.15, 0.2) is 29.2 Å². The highest BCUT2D eigenvalue weighted by molar-refractivity contribution is 8.00. The van der Waals surface area contributed by atoms with Crippen LogP contribution in [0.3, 0.4) is 0 Å². The third-order valence-electron chi connectivity index (χ3n) is 3.86. The van der Waals surface area contributed by atoms with Gasteiger partial charge in [-0.25, -0.2) is 0 Å². The van der Waals surface area contributed by atoms with Gasteiger partial charge < -0.3 is 20.4 Å². The topological polar surface area (TPSA) is 89.9 Å². The summed E-state index contributed by atoms with van der Waals surface area (Å²) >= 11 is 1.36. The molecular formula is C16H22N2O4S. The number of piperidine rings is 1. The van der Waals surface area contributed by atoms with Crippen LogP contribution in [0.1, 0.15) is 13.3 Å². The quantitative estimate of drug-likeness (QED) is 0.695. The van der Waals surface area contributed by atoms with E-state index in [9.17, 15) is 14.7 Å². The minimum Gasteiger partial charge on any atom is -0.396 e. The van der Waals surface area contributed by atoms with Gasteiger partial charge in [-0.1, -0.05) is 12.1 Å². The van der Waals surface area contributed by atoms with E-state index in [1.165, 1.54) is 18.7 Å². The summed E-state index contributed by atoms with van der Waals surface area (Å²) in [5.74, 6) is -0.110. The number of likely N-dealkylation sites (tertiary alicyclic amines) is 1. The average molecular weight is 338 g/mol. The van der Waals surface area contributed by atoms with Gasteiger partial charge in [-0.3, -0.25) is 9.59 Å². The van der Waals surface area contributed by atoms with E-state index < -0.39 is 6.10 Å². The summed E-state index contributed by atoms with van der Waals surface area (Å²) in [6.45, 7) is 2.20. The molecule has 0 bridgehead atoms. The van der Waals surface area contributed by atoms with Gasteiger partial charge in [-0.05, 0) is 18.6 Å². The molecule has 0 spiro atoms. The summed E-state index contributed by atoms with van der Waals surface area (Å²) in [6.07, 6.45) is -0.0642. The van der Waals surface area contributed by atoms with Gasteiger partial charge in [0.1, 0.15) is 0 Å². The molecule has 0 radical (unpaired) electrons. The molecule has 1 saturated heterocycles. The van der Waals surface area contributed by atoms with Crippen LogP contribution in [0.25, 0.3) is 0 Å². The number of aliphatic hydroxyl groups is 2. The molecular weight excluding hydrogens is 316 g/mol. The molecule has 0 saturated carbocycles. The molecule has 2 atom stereocenters. The molecule has 2 rings (SSSR count). The number of thioether (sulfide) groups is 1. The van der Waals surface area contributed by atoms with E-state index in [0.717, 1.165) is 4.90 Å². The number of aliphatic hydroxyl groups excluding tert-OH is 2. The first-order valence-corrected chi connectivity index (χ1v) is 8.56. The number of hydrogen-bond donors (Lipinski definition) is 3. The standard InChI is InChI=1S/C16H22N2O4S/c1-11(20)17-13-4-2-3-5-15(13)23-10-16(22)18-7-6-12(9-19)14(21)8-18/h2-5,12,14,19,21H,6-10H2,1H3,(H,17,20)/t12-,14-/m1/s1. The molecule has 1 aliphatic rings. The van der Waals surface area contributed by atoms with Gasteiger partial charge in [0.2, 0.25) is 11.8 Å². The maximum Gasteiger partial charge on any atom is 0.233 e. The molecule has 1 aliphatic heterocycles. The SMILES string of the molecule is CC(=O)Nc1ccccc1SCC(=O)N1CC[C@H](CO)[C@H](O)C1. The lowest BCUT2D eigenvalue weighted by atomic mass is 9.95. The maximum atomic E-state index is 12.3. The number of β-amino-alcohol motifs (C(OH)–C–C–N with tert-alkyl or cyclic N) is 1. The first kappa shape index (κ1) is 17.8. The molecule has 1 fully saturated rings. The Morgan fingerprint density at radius 1 is 1.39 bits per heavy atom. The van der Waals surface area contributed by atoms with Crippen LogP contribution in [0, 0.1) is 5.92 Å². The highest BCUT2D eigenvalue weighted by Crippen LogP contribution is 2.27. The Bertz CT molecular complexity index is 567. The van der Waals surface area contributed by atoms with E-state index in [0.29, 0.717) is 18.7 Å². The zero-order valence-corrected chi connectivity index (χ0v) is 13.9. The highest BCUT2D eigenvalue weighted by Gasteiger charge is 2.29. The monoisotopic (exact) mass is 338 g/mol. The zero-order chi connectivity index (χ0) is 16.8. The lowest BCUT2D eigenvalue weighted by molar-refractivity contribution is -0.133. The summed E-state index contributed by atoms with van der Waals surface area (Å²) in [6, 6.07) is 7.34.